The minimum Gasteiger partial charge on any atom is -0.384 e. The summed E-state index contributed by atoms with van der Waals surface area (Å²) in [4.78, 5) is 0. The van der Waals surface area contributed by atoms with Crippen LogP contribution in [0, 0.1) is 25.2 Å². The van der Waals surface area contributed by atoms with Gasteiger partial charge in [-0.3, -0.25) is 0 Å². The van der Waals surface area contributed by atoms with Gasteiger partial charge < -0.3 is 10.3 Å². The van der Waals surface area contributed by atoms with Crippen LogP contribution in [-0.2, 0) is 6.54 Å². The summed E-state index contributed by atoms with van der Waals surface area (Å²) in [5.74, 6) is 0.646. The first-order chi connectivity index (χ1) is 8.54. The van der Waals surface area contributed by atoms with Crippen LogP contribution in [0.3, 0.4) is 0 Å². The maximum Gasteiger partial charge on any atom is 0.122 e. The van der Waals surface area contributed by atoms with Gasteiger partial charge in [0.1, 0.15) is 11.9 Å². The SMILES string of the molecule is CSC1(Cn2c(C)c(C)c(C#N)c2N)CCCC1. The molecule has 0 radical (unpaired) electrons. The summed E-state index contributed by atoms with van der Waals surface area (Å²) in [5, 5.41) is 9.17. The van der Waals surface area contributed by atoms with Crippen molar-refractivity contribution >= 4 is 17.6 Å². The Bertz CT molecular complexity index is 490. The zero-order chi connectivity index (χ0) is 13.3. The molecule has 1 heterocycles. The molecule has 2 rings (SSSR count). The van der Waals surface area contributed by atoms with E-state index in [1.807, 2.05) is 18.7 Å². The van der Waals surface area contributed by atoms with Crippen molar-refractivity contribution in [3.63, 3.8) is 0 Å². The van der Waals surface area contributed by atoms with Crippen molar-refractivity contribution in [3.8, 4) is 6.07 Å². The highest BCUT2D eigenvalue weighted by atomic mass is 32.2. The first-order valence-electron chi connectivity index (χ1n) is 6.45. The van der Waals surface area contributed by atoms with Gasteiger partial charge in [0, 0.05) is 17.0 Å². The Kier molecular flexibility index (Phi) is 3.63. The lowest BCUT2D eigenvalue weighted by Crippen LogP contribution is -2.28. The van der Waals surface area contributed by atoms with Crippen LogP contribution in [0.15, 0.2) is 0 Å². The number of hydrogen-bond acceptors (Lipinski definition) is 3. The Morgan fingerprint density at radius 2 is 2.00 bits per heavy atom. The Morgan fingerprint density at radius 1 is 1.39 bits per heavy atom. The summed E-state index contributed by atoms with van der Waals surface area (Å²) in [5.41, 5.74) is 8.97. The molecule has 98 valence electrons. The van der Waals surface area contributed by atoms with Gasteiger partial charge in [0.25, 0.3) is 0 Å². The van der Waals surface area contributed by atoms with E-state index in [9.17, 15) is 5.26 Å². The van der Waals surface area contributed by atoms with Gasteiger partial charge in [-0.2, -0.15) is 17.0 Å². The van der Waals surface area contributed by atoms with Crippen LogP contribution in [0.4, 0.5) is 5.82 Å². The van der Waals surface area contributed by atoms with E-state index in [1.54, 1.807) is 0 Å². The second-order valence-electron chi connectivity index (χ2n) is 5.26. The monoisotopic (exact) mass is 263 g/mol. The lowest BCUT2D eigenvalue weighted by molar-refractivity contribution is 0.504. The second kappa shape index (κ2) is 4.89. The average Bonchev–Trinajstić information content (AvgIpc) is 2.91. The lowest BCUT2D eigenvalue weighted by Gasteiger charge is -2.28. The third-order valence-electron chi connectivity index (χ3n) is 4.38. The minimum atomic E-state index is 0.317. The molecule has 1 aliphatic rings. The van der Waals surface area contributed by atoms with Gasteiger partial charge >= 0.3 is 0 Å². The number of thioether (sulfide) groups is 1. The molecule has 1 aromatic rings. The Morgan fingerprint density at radius 3 is 2.44 bits per heavy atom. The summed E-state index contributed by atoms with van der Waals surface area (Å²) in [6.45, 7) is 4.99. The fraction of sp³-hybridized carbons (Fsp3) is 0.643. The molecule has 0 bridgehead atoms. The zero-order valence-electron chi connectivity index (χ0n) is 11.4. The van der Waals surface area contributed by atoms with Crippen molar-refractivity contribution < 1.29 is 0 Å². The van der Waals surface area contributed by atoms with Crippen molar-refractivity contribution in [2.75, 3.05) is 12.0 Å². The number of nitrogens with two attached hydrogens (primary N) is 1. The van der Waals surface area contributed by atoms with E-state index in [0.29, 0.717) is 16.1 Å². The fourth-order valence-corrected chi connectivity index (χ4v) is 3.93. The van der Waals surface area contributed by atoms with Crippen LogP contribution < -0.4 is 5.73 Å². The molecule has 18 heavy (non-hydrogen) atoms. The van der Waals surface area contributed by atoms with E-state index < -0.39 is 0 Å². The topological polar surface area (TPSA) is 54.7 Å². The van der Waals surface area contributed by atoms with Crippen molar-refractivity contribution in [3.05, 3.63) is 16.8 Å². The van der Waals surface area contributed by atoms with Gasteiger partial charge in [0.15, 0.2) is 0 Å². The fourth-order valence-electron chi connectivity index (χ4n) is 2.97. The summed E-state index contributed by atoms with van der Waals surface area (Å²) in [7, 11) is 0. The predicted molar refractivity (Wildman–Crippen MR) is 77.7 cm³/mol. The summed E-state index contributed by atoms with van der Waals surface area (Å²) < 4.78 is 2.47. The van der Waals surface area contributed by atoms with Gasteiger partial charge in [-0.05, 0) is 38.5 Å². The first kappa shape index (κ1) is 13.4. The van der Waals surface area contributed by atoms with Gasteiger partial charge in [-0.25, -0.2) is 0 Å². The van der Waals surface area contributed by atoms with Crippen LogP contribution in [0.2, 0.25) is 0 Å². The maximum atomic E-state index is 9.17. The van der Waals surface area contributed by atoms with Crippen LogP contribution in [0.25, 0.3) is 0 Å². The standard InChI is InChI=1S/C14H21N3S/c1-10-11(2)17(13(16)12(10)8-15)9-14(18-3)6-4-5-7-14/h4-7,9,16H2,1-3H3. The van der Waals surface area contributed by atoms with E-state index in [4.69, 9.17) is 5.73 Å². The second-order valence-corrected chi connectivity index (χ2v) is 6.54. The number of hydrogen-bond donors (Lipinski definition) is 1. The zero-order valence-corrected chi connectivity index (χ0v) is 12.2. The number of nitrogen functional groups attached to an aromatic ring is 1. The third-order valence-corrected chi connectivity index (χ3v) is 5.78. The molecular weight excluding hydrogens is 242 g/mol. The molecule has 0 saturated heterocycles. The maximum absolute atomic E-state index is 9.17. The number of rotatable bonds is 3. The number of anilines is 1. The predicted octanol–water partition coefficient (Wildman–Crippen LogP) is 3.23. The van der Waals surface area contributed by atoms with Crippen molar-refractivity contribution in [2.45, 2.75) is 50.8 Å². The normalized spacial score (nSPS) is 17.9. The van der Waals surface area contributed by atoms with E-state index in [0.717, 1.165) is 17.8 Å². The van der Waals surface area contributed by atoms with Crippen LogP contribution in [0.5, 0.6) is 0 Å². The molecule has 1 aliphatic carbocycles. The molecule has 0 aromatic carbocycles. The third kappa shape index (κ3) is 2.01. The number of nitriles is 1. The van der Waals surface area contributed by atoms with Crippen LogP contribution in [-0.4, -0.2) is 15.6 Å². The van der Waals surface area contributed by atoms with E-state index in [-0.39, 0.29) is 0 Å². The quantitative estimate of drug-likeness (QED) is 0.911. The largest absolute Gasteiger partial charge is 0.384 e. The highest BCUT2D eigenvalue weighted by Gasteiger charge is 2.34. The summed E-state index contributed by atoms with van der Waals surface area (Å²) in [6, 6.07) is 2.23. The van der Waals surface area contributed by atoms with E-state index >= 15 is 0 Å². The lowest BCUT2D eigenvalue weighted by atomic mass is 10.1. The molecule has 4 heteroatoms. The molecule has 1 aromatic heterocycles. The Balaban J connectivity index is 2.38. The van der Waals surface area contributed by atoms with Crippen molar-refractivity contribution in [2.24, 2.45) is 0 Å². The highest BCUT2D eigenvalue weighted by Crippen LogP contribution is 2.42. The molecule has 3 nitrogen and oxygen atoms in total. The van der Waals surface area contributed by atoms with Gasteiger partial charge in [0.2, 0.25) is 0 Å². The smallest absolute Gasteiger partial charge is 0.122 e. The number of nitrogens with zero attached hydrogens (tertiary/aromatic N) is 2. The van der Waals surface area contributed by atoms with Gasteiger partial charge in [0.05, 0.1) is 5.56 Å². The van der Waals surface area contributed by atoms with Crippen molar-refractivity contribution in [1.29, 1.82) is 5.26 Å². The van der Waals surface area contributed by atoms with E-state index in [1.165, 1.54) is 25.7 Å². The number of aromatic nitrogens is 1. The highest BCUT2D eigenvalue weighted by molar-refractivity contribution is 8.00. The molecule has 1 fully saturated rings. The molecule has 1 saturated carbocycles. The Labute approximate surface area is 113 Å². The van der Waals surface area contributed by atoms with Crippen LogP contribution in [0.1, 0.15) is 42.5 Å². The molecular formula is C14H21N3S. The minimum absolute atomic E-state index is 0.317. The average molecular weight is 263 g/mol. The first-order valence-corrected chi connectivity index (χ1v) is 7.67. The molecule has 0 unspecified atom stereocenters. The van der Waals surface area contributed by atoms with Gasteiger partial charge in [-0.15, -0.1) is 0 Å². The summed E-state index contributed by atoms with van der Waals surface area (Å²) >= 11 is 1.96. The molecule has 0 spiro atoms. The van der Waals surface area contributed by atoms with E-state index in [2.05, 4.69) is 23.8 Å². The molecule has 0 atom stereocenters. The Hall–Kier alpha value is -1.08. The molecule has 2 N–H and O–H groups in total. The van der Waals surface area contributed by atoms with Crippen molar-refractivity contribution in [1.82, 2.24) is 4.57 Å². The molecule has 0 amide bonds. The summed E-state index contributed by atoms with van der Waals surface area (Å²) in [6.07, 6.45) is 7.33. The van der Waals surface area contributed by atoms with Gasteiger partial charge in [-0.1, -0.05) is 12.8 Å². The van der Waals surface area contributed by atoms with Crippen LogP contribution >= 0.6 is 11.8 Å². The molecule has 0 aliphatic heterocycles.